The number of aliphatic carboxylic acids is 1. The molecule has 1 aromatic rings. The lowest BCUT2D eigenvalue weighted by Crippen LogP contribution is -2.30. The van der Waals surface area contributed by atoms with Gasteiger partial charge in [-0.25, -0.2) is 0 Å². The van der Waals surface area contributed by atoms with Crippen LogP contribution in [0.3, 0.4) is 0 Å². The van der Waals surface area contributed by atoms with Crippen molar-refractivity contribution in [2.75, 3.05) is 13.1 Å². The highest BCUT2D eigenvalue weighted by atomic mass is 16.6. The highest BCUT2D eigenvalue weighted by Crippen LogP contribution is 2.26. The quantitative estimate of drug-likeness (QED) is 0.675. The Morgan fingerprint density at radius 2 is 2.05 bits per heavy atom. The predicted molar refractivity (Wildman–Crippen MR) is 74.0 cm³/mol. The minimum absolute atomic E-state index is 0.0373. The molecule has 2 atom stereocenters. The summed E-state index contributed by atoms with van der Waals surface area (Å²) >= 11 is 0. The number of amides is 1. The summed E-state index contributed by atoms with van der Waals surface area (Å²) in [5, 5.41) is 19.8. The molecule has 0 saturated carbocycles. The van der Waals surface area contributed by atoms with Gasteiger partial charge in [-0.1, -0.05) is 6.92 Å². The topological polar surface area (TPSA) is 101 Å². The molecule has 112 valence electrons. The first-order valence-electron chi connectivity index (χ1n) is 6.58. The van der Waals surface area contributed by atoms with Gasteiger partial charge < -0.3 is 10.0 Å². The minimum Gasteiger partial charge on any atom is -0.481 e. The minimum atomic E-state index is -0.905. The SMILES string of the molecule is Cc1cc(C(=O)N2CC(C)C(C(=O)O)C2)ccc1[N+](=O)[O-]. The number of hydrogen-bond donors (Lipinski definition) is 1. The average Bonchev–Trinajstić information content (AvgIpc) is 2.79. The van der Waals surface area contributed by atoms with Crippen molar-refractivity contribution in [3.8, 4) is 0 Å². The highest BCUT2D eigenvalue weighted by molar-refractivity contribution is 5.95. The Labute approximate surface area is 121 Å². The van der Waals surface area contributed by atoms with Gasteiger partial charge in [0.05, 0.1) is 10.8 Å². The smallest absolute Gasteiger partial charge is 0.308 e. The van der Waals surface area contributed by atoms with Crippen LogP contribution in [-0.4, -0.2) is 39.9 Å². The zero-order chi connectivity index (χ0) is 15.7. The van der Waals surface area contributed by atoms with E-state index in [1.54, 1.807) is 13.8 Å². The molecule has 1 N–H and O–H groups in total. The molecular formula is C14H16N2O5. The Morgan fingerprint density at radius 1 is 1.38 bits per heavy atom. The number of carbonyl (C=O) groups is 2. The maximum atomic E-state index is 12.4. The third kappa shape index (κ3) is 2.86. The van der Waals surface area contributed by atoms with Crippen LogP contribution in [0.5, 0.6) is 0 Å². The number of nitro groups is 1. The van der Waals surface area contributed by atoms with E-state index in [-0.39, 0.29) is 24.1 Å². The number of carboxylic acid groups (broad SMARTS) is 1. The summed E-state index contributed by atoms with van der Waals surface area (Å²) in [4.78, 5) is 35.2. The summed E-state index contributed by atoms with van der Waals surface area (Å²) in [5.41, 5.74) is 0.717. The predicted octanol–water partition coefficient (Wildman–Crippen LogP) is 1.70. The molecule has 2 rings (SSSR count). The van der Waals surface area contributed by atoms with Gasteiger partial charge >= 0.3 is 5.97 Å². The van der Waals surface area contributed by atoms with Crippen LogP contribution < -0.4 is 0 Å². The monoisotopic (exact) mass is 292 g/mol. The first-order valence-corrected chi connectivity index (χ1v) is 6.58. The molecule has 1 heterocycles. The second kappa shape index (κ2) is 5.51. The van der Waals surface area contributed by atoms with E-state index in [1.165, 1.54) is 23.1 Å². The van der Waals surface area contributed by atoms with E-state index in [0.29, 0.717) is 17.7 Å². The molecule has 0 spiro atoms. The number of rotatable bonds is 3. The van der Waals surface area contributed by atoms with Gasteiger partial charge in [0.2, 0.25) is 0 Å². The number of likely N-dealkylation sites (tertiary alicyclic amines) is 1. The van der Waals surface area contributed by atoms with E-state index in [0.717, 1.165) is 0 Å². The third-order valence-corrected chi connectivity index (χ3v) is 3.86. The van der Waals surface area contributed by atoms with Crippen LogP contribution in [-0.2, 0) is 4.79 Å². The molecule has 0 aliphatic carbocycles. The first kappa shape index (κ1) is 15.0. The molecule has 7 nitrogen and oxygen atoms in total. The van der Waals surface area contributed by atoms with Crippen LogP contribution in [0.2, 0.25) is 0 Å². The summed E-state index contributed by atoms with van der Waals surface area (Å²) in [6.07, 6.45) is 0. The number of benzene rings is 1. The Hall–Kier alpha value is -2.44. The molecule has 1 fully saturated rings. The number of carboxylic acids is 1. The Kier molecular flexibility index (Phi) is 3.93. The average molecular weight is 292 g/mol. The molecule has 1 aromatic carbocycles. The zero-order valence-electron chi connectivity index (χ0n) is 11.8. The fourth-order valence-corrected chi connectivity index (χ4v) is 2.63. The van der Waals surface area contributed by atoms with Gasteiger partial charge in [-0.15, -0.1) is 0 Å². The Balaban J connectivity index is 2.20. The van der Waals surface area contributed by atoms with E-state index < -0.39 is 16.8 Å². The van der Waals surface area contributed by atoms with Gasteiger partial charge in [-0.3, -0.25) is 19.7 Å². The van der Waals surface area contributed by atoms with Gasteiger partial charge in [-0.2, -0.15) is 0 Å². The van der Waals surface area contributed by atoms with Crippen LogP contribution in [0.1, 0.15) is 22.8 Å². The van der Waals surface area contributed by atoms with Crippen molar-refractivity contribution in [2.45, 2.75) is 13.8 Å². The second-order valence-electron chi connectivity index (χ2n) is 5.39. The number of aryl methyl sites for hydroxylation is 1. The standard InChI is InChI=1S/C14H16N2O5/c1-8-5-10(3-4-12(8)16(20)21)13(17)15-6-9(2)11(7-15)14(18)19/h3-5,9,11H,6-7H2,1-2H3,(H,18,19). The molecule has 1 saturated heterocycles. The first-order chi connectivity index (χ1) is 9.81. The summed E-state index contributed by atoms with van der Waals surface area (Å²) < 4.78 is 0. The van der Waals surface area contributed by atoms with Gasteiger partial charge in [0, 0.05) is 30.3 Å². The number of nitrogens with zero attached hydrogens (tertiary/aromatic N) is 2. The van der Waals surface area contributed by atoms with E-state index in [2.05, 4.69) is 0 Å². The fraction of sp³-hybridized carbons (Fsp3) is 0.429. The van der Waals surface area contributed by atoms with Crippen molar-refractivity contribution in [2.24, 2.45) is 11.8 Å². The highest BCUT2D eigenvalue weighted by Gasteiger charge is 2.37. The van der Waals surface area contributed by atoms with E-state index in [9.17, 15) is 19.7 Å². The third-order valence-electron chi connectivity index (χ3n) is 3.86. The normalized spacial score (nSPS) is 21.3. The summed E-state index contributed by atoms with van der Waals surface area (Å²) in [6.45, 7) is 3.92. The number of carbonyl (C=O) groups excluding carboxylic acids is 1. The van der Waals surface area contributed by atoms with Crippen LogP contribution in [0.4, 0.5) is 5.69 Å². The van der Waals surface area contributed by atoms with Crippen molar-refractivity contribution in [3.63, 3.8) is 0 Å². The molecule has 1 aliphatic heterocycles. The van der Waals surface area contributed by atoms with Crippen molar-refractivity contribution < 1.29 is 19.6 Å². The molecule has 1 amide bonds. The van der Waals surface area contributed by atoms with Gasteiger partial charge in [0.25, 0.3) is 11.6 Å². The zero-order valence-corrected chi connectivity index (χ0v) is 11.8. The van der Waals surface area contributed by atoms with E-state index in [1.807, 2.05) is 0 Å². The molecular weight excluding hydrogens is 276 g/mol. The van der Waals surface area contributed by atoms with Crippen molar-refractivity contribution in [1.82, 2.24) is 4.90 Å². The van der Waals surface area contributed by atoms with Gasteiger partial charge in [-0.05, 0) is 25.0 Å². The van der Waals surface area contributed by atoms with Crippen LogP contribution >= 0.6 is 0 Å². The van der Waals surface area contributed by atoms with E-state index in [4.69, 9.17) is 5.11 Å². The molecule has 2 unspecified atom stereocenters. The molecule has 7 heteroatoms. The van der Waals surface area contributed by atoms with Crippen LogP contribution in [0.15, 0.2) is 18.2 Å². The summed E-state index contributed by atoms with van der Waals surface area (Å²) in [5.74, 6) is -1.86. The second-order valence-corrected chi connectivity index (χ2v) is 5.39. The van der Waals surface area contributed by atoms with Crippen molar-refractivity contribution in [3.05, 3.63) is 39.4 Å². The lowest BCUT2D eigenvalue weighted by molar-refractivity contribution is -0.385. The maximum Gasteiger partial charge on any atom is 0.308 e. The van der Waals surface area contributed by atoms with Crippen LogP contribution in [0, 0.1) is 28.9 Å². The maximum absolute atomic E-state index is 12.4. The van der Waals surface area contributed by atoms with Crippen LogP contribution in [0.25, 0.3) is 0 Å². The molecule has 0 aromatic heterocycles. The van der Waals surface area contributed by atoms with Gasteiger partial charge in [0.15, 0.2) is 0 Å². The Morgan fingerprint density at radius 3 is 2.52 bits per heavy atom. The van der Waals surface area contributed by atoms with E-state index >= 15 is 0 Å². The number of hydrogen-bond acceptors (Lipinski definition) is 4. The largest absolute Gasteiger partial charge is 0.481 e. The molecule has 0 bridgehead atoms. The molecule has 21 heavy (non-hydrogen) atoms. The summed E-state index contributed by atoms with van der Waals surface area (Å²) in [7, 11) is 0. The molecule has 0 radical (unpaired) electrons. The lowest BCUT2D eigenvalue weighted by atomic mass is 9.99. The number of nitro benzene ring substituents is 1. The Bertz CT molecular complexity index is 613. The summed E-state index contributed by atoms with van der Waals surface area (Å²) in [6, 6.07) is 4.18. The fourth-order valence-electron chi connectivity index (χ4n) is 2.63. The lowest BCUT2D eigenvalue weighted by Gasteiger charge is -2.16. The molecule has 1 aliphatic rings. The van der Waals surface area contributed by atoms with Crippen molar-refractivity contribution in [1.29, 1.82) is 0 Å². The van der Waals surface area contributed by atoms with Gasteiger partial charge in [0.1, 0.15) is 0 Å². The van der Waals surface area contributed by atoms with Crippen molar-refractivity contribution >= 4 is 17.6 Å².